The van der Waals surface area contributed by atoms with E-state index >= 15 is 0 Å². The molecule has 0 aliphatic heterocycles. The van der Waals surface area contributed by atoms with Crippen LogP contribution in [0.3, 0.4) is 0 Å². The van der Waals surface area contributed by atoms with Crippen LogP contribution in [-0.4, -0.2) is 17.0 Å². The summed E-state index contributed by atoms with van der Waals surface area (Å²) in [6.45, 7) is 0. The number of carbonyl (C=O) groups is 2. The Bertz CT molecular complexity index is 912. The van der Waals surface area contributed by atoms with Gasteiger partial charge in [-0.15, -0.1) is 0 Å². The van der Waals surface area contributed by atoms with Crippen molar-refractivity contribution in [1.82, 2.24) is 0 Å². The van der Waals surface area contributed by atoms with Crippen LogP contribution in [0.2, 0.25) is 5.02 Å². The Hall–Kier alpha value is -2.24. The highest BCUT2D eigenvalue weighted by atomic mass is 35.5. The molecule has 0 aromatic heterocycles. The summed E-state index contributed by atoms with van der Waals surface area (Å²) < 4.78 is 0. The van der Waals surface area contributed by atoms with Crippen LogP contribution < -0.4 is 5.32 Å². The molecule has 2 bridgehead atoms. The predicted molar refractivity (Wildman–Crippen MR) is 106 cm³/mol. The first kappa shape index (κ1) is 18.1. The van der Waals surface area contributed by atoms with Crippen molar-refractivity contribution in [3.63, 3.8) is 0 Å². The molecule has 0 unspecified atom stereocenters. The molecule has 2 aliphatic rings. The lowest BCUT2D eigenvalue weighted by Crippen LogP contribution is -2.36. The largest absolute Gasteiger partial charge is 0.481 e. The van der Waals surface area contributed by atoms with Crippen molar-refractivity contribution in [2.24, 2.45) is 23.7 Å². The van der Waals surface area contributed by atoms with Crippen LogP contribution >= 0.6 is 23.4 Å². The molecule has 0 saturated heterocycles. The number of carbonyl (C=O) groups excluding carboxylic acids is 1. The second-order valence-corrected chi connectivity index (χ2v) is 8.43. The van der Waals surface area contributed by atoms with Crippen LogP contribution in [0, 0.1) is 23.7 Å². The molecule has 4 atom stereocenters. The average Bonchev–Trinajstić information content (AvgIpc) is 3.26. The zero-order valence-electron chi connectivity index (χ0n) is 14.3. The summed E-state index contributed by atoms with van der Waals surface area (Å²) in [6.07, 6.45) is 4.68. The van der Waals surface area contributed by atoms with Crippen LogP contribution in [0.5, 0.6) is 0 Å². The smallest absolute Gasteiger partial charge is 0.307 e. The van der Waals surface area contributed by atoms with E-state index in [0.717, 1.165) is 16.2 Å². The monoisotopic (exact) mass is 399 g/mol. The van der Waals surface area contributed by atoms with E-state index < -0.39 is 17.8 Å². The van der Waals surface area contributed by atoms with Gasteiger partial charge >= 0.3 is 5.97 Å². The highest BCUT2D eigenvalue weighted by molar-refractivity contribution is 7.99. The predicted octanol–water partition coefficient (Wildman–Crippen LogP) is 4.95. The highest BCUT2D eigenvalue weighted by Gasteiger charge is 2.51. The van der Waals surface area contributed by atoms with Crippen LogP contribution in [0.25, 0.3) is 0 Å². The van der Waals surface area contributed by atoms with Gasteiger partial charge in [0, 0.05) is 14.8 Å². The molecule has 2 aromatic carbocycles. The number of hydrogen-bond acceptors (Lipinski definition) is 3. The Morgan fingerprint density at radius 3 is 2.37 bits per heavy atom. The number of allylic oxidation sites excluding steroid dienone is 2. The molecule has 0 heterocycles. The number of carboxylic acid groups (broad SMARTS) is 1. The lowest BCUT2D eigenvalue weighted by Gasteiger charge is -2.24. The fraction of sp³-hybridized carbons (Fsp3) is 0.238. The molecule has 27 heavy (non-hydrogen) atoms. The zero-order chi connectivity index (χ0) is 19.0. The van der Waals surface area contributed by atoms with Gasteiger partial charge in [0.1, 0.15) is 0 Å². The maximum Gasteiger partial charge on any atom is 0.307 e. The first-order valence-electron chi connectivity index (χ1n) is 8.77. The molecule has 4 rings (SSSR count). The number of halogens is 1. The highest BCUT2D eigenvalue weighted by Crippen LogP contribution is 2.48. The minimum Gasteiger partial charge on any atom is -0.481 e. The number of aliphatic carboxylic acids is 1. The number of amides is 1. The quantitative estimate of drug-likeness (QED) is 0.698. The van der Waals surface area contributed by atoms with Gasteiger partial charge in [0.25, 0.3) is 0 Å². The molecule has 2 aromatic rings. The molecule has 6 heteroatoms. The standard InChI is InChI=1S/C21H18ClNO3S/c22-14-7-9-15(10-8-14)27-17-4-2-1-3-16(17)23-20(24)18-12-5-6-13(11-12)19(18)21(25)26/h1-10,12-13,18-19H,11H2,(H,23,24)(H,25,26)/t12-,13-,18+,19-/m0/s1. The minimum absolute atomic E-state index is 0.00665. The van der Waals surface area contributed by atoms with E-state index in [1.165, 1.54) is 11.8 Å². The van der Waals surface area contributed by atoms with E-state index in [2.05, 4.69) is 5.32 Å². The number of hydrogen-bond donors (Lipinski definition) is 2. The average molecular weight is 400 g/mol. The lowest BCUT2D eigenvalue weighted by atomic mass is 9.82. The van der Waals surface area contributed by atoms with E-state index in [-0.39, 0.29) is 17.7 Å². The van der Waals surface area contributed by atoms with E-state index in [1.807, 2.05) is 60.7 Å². The van der Waals surface area contributed by atoms with Crippen LogP contribution in [0.4, 0.5) is 5.69 Å². The molecule has 2 aliphatic carbocycles. The van der Waals surface area contributed by atoms with Crippen molar-refractivity contribution >= 4 is 40.9 Å². The molecular weight excluding hydrogens is 382 g/mol. The number of anilines is 1. The number of para-hydroxylation sites is 1. The van der Waals surface area contributed by atoms with Gasteiger partial charge in [-0.3, -0.25) is 9.59 Å². The molecular formula is C21H18ClNO3S. The fourth-order valence-electron chi connectivity index (χ4n) is 4.02. The minimum atomic E-state index is -0.893. The van der Waals surface area contributed by atoms with E-state index in [4.69, 9.17) is 11.6 Å². The van der Waals surface area contributed by atoms with Crippen molar-refractivity contribution in [2.75, 3.05) is 5.32 Å². The van der Waals surface area contributed by atoms with Crippen LogP contribution in [-0.2, 0) is 9.59 Å². The second kappa shape index (κ2) is 7.41. The maximum absolute atomic E-state index is 12.9. The van der Waals surface area contributed by atoms with Gasteiger partial charge in [0.2, 0.25) is 5.91 Å². The third kappa shape index (κ3) is 3.62. The Balaban J connectivity index is 1.54. The third-order valence-electron chi connectivity index (χ3n) is 5.23. The molecule has 2 N–H and O–H groups in total. The molecule has 1 saturated carbocycles. The number of fused-ring (bicyclic) bond motifs is 2. The van der Waals surface area contributed by atoms with Gasteiger partial charge in [-0.05, 0) is 54.7 Å². The second-order valence-electron chi connectivity index (χ2n) is 6.88. The van der Waals surface area contributed by atoms with Gasteiger partial charge < -0.3 is 10.4 Å². The van der Waals surface area contributed by atoms with Gasteiger partial charge in [-0.2, -0.15) is 0 Å². The van der Waals surface area contributed by atoms with E-state index in [1.54, 1.807) is 0 Å². The SMILES string of the molecule is O=C(O)[C@@H]1[C@H](C(=O)Nc2ccccc2Sc2ccc(Cl)cc2)[C@H]2C=C[C@H]1C2. The summed E-state index contributed by atoms with van der Waals surface area (Å²) in [5.74, 6) is -2.31. The number of rotatable bonds is 5. The van der Waals surface area contributed by atoms with Crippen LogP contribution in [0.15, 0.2) is 70.5 Å². The Morgan fingerprint density at radius 1 is 1.00 bits per heavy atom. The molecule has 138 valence electrons. The summed E-state index contributed by atoms with van der Waals surface area (Å²) in [5.41, 5.74) is 0.693. The van der Waals surface area contributed by atoms with Crippen molar-refractivity contribution < 1.29 is 14.7 Å². The van der Waals surface area contributed by atoms with Crippen molar-refractivity contribution in [3.05, 3.63) is 65.7 Å². The normalized spacial score (nSPS) is 25.5. The Labute approximate surface area is 166 Å². The first-order chi connectivity index (χ1) is 13.0. The first-order valence-corrected chi connectivity index (χ1v) is 9.97. The topological polar surface area (TPSA) is 66.4 Å². The summed E-state index contributed by atoms with van der Waals surface area (Å²) in [6, 6.07) is 15.0. The lowest BCUT2D eigenvalue weighted by molar-refractivity contribution is -0.146. The Kier molecular flexibility index (Phi) is 4.98. The number of nitrogens with one attached hydrogen (secondary N) is 1. The fourth-order valence-corrected chi connectivity index (χ4v) is 5.05. The van der Waals surface area contributed by atoms with Crippen molar-refractivity contribution in [3.8, 4) is 0 Å². The summed E-state index contributed by atoms with van der Waals surface area (Å²) in [4.78, 5) is 26.5. The number of benzene rings is 2. The molecule has 0 spiro atoms. The van der Waals surface area contributed by atoms with Gasteiger partial charge in [0.05, 0.1) is 17.5 Å². The van der Waals surface area contributed by atoms with Gasteiger partial charge in [-0.1, -0.05) is 47.6 Å². The van der Waals surface area contributed by atoms with Crippen molar-refractivity contribution in [2.45, 2.75) is 16.2 Å². The van der Waals surface area contributed by atoms with Crippen molar-refractivity contribution in [1.29, 1.82) is 0 Å². The van der Waals surface area contributed by atoms with E-state index in [0.29, 0.717) is 10.7 Å². The molecule has 0 radical (unpaired) electrons. The maximum atomic E-state index is 12.9. The van der Waals surface area contributed by atoms with Crippen LogP contribution in [0.1, 0.15) is 6.42 Å². The van der Waals surface area contributed by atoms with Gasteiger partial charge in [0.15, 0.2) is 0 Å². The Morgan fingerprint density at radius 2 is 1.67 bits per heavy atom. The molecule has 1 amide bonds. The number of carboxylic acids is 1. The molecule has 1 fully saturated rings. The van der Waals surface area contributed by atoms with Gasteiger partial charge in [-0.25, -0.2) is 0 Å². The zero-order valence-corrected chi connectivity index (χ0v) is 15.9. The summed E-state index contributed by atoms with van der Waals surface area (Å²) in [7, 11) is 0. The van der Waals surface area contributed by atoms with E-state index in [9.17, 15) is 14.7 Å². The third-order valence-corrected chi connectivity index (χ3v) is 6.57. The summed E-state index contributed by atoms with van der Waals surface area (Å²) >= 11 is 7.46. The molecule has 4 nitrogen and oxygen atoms in total. The summed E-state index contributed by atoms with van der Waals surface area (Å²) in [5, 5.41) is 13.2.